The molecular formula is C32H36ClI2NO3. The molecule has 2 aromatic carbocycles. The van der Waals surface area contributed by atoms with Gasteiger partial charge < -0.3 is 14.1 Å². The summed E-state index contributed by atoms with van der Waals surface area (Å²) in [7, 11) is 0. The standard InChI is InChI=1S/C32H35I2NO3.ClH/c1-2-3-10-30-31(27-9-5-6-11-29(27)38-30)32(37-17-16-35-14-7-4-8-15-35)13-12-23(22-36)28(21-32)24-18-25(33)20-26(34)19-24;/h5-6,9,11-13,18-20,22H,2-4,7-8,10,14-17,21H2,1H3;1H. The summed E-state index contributed by atoms with van der Waals surface area (Å²) in [5, 5.41) is 1.10. The number of allylic oxidation sites excluding steroid dienone is 2. The van der Waals surface area contributed by atoms with E-state index in [-0.39, 0.29) is 12.4 Å². The monoisotopic (exact) mass is 771 g/mol. The lowest BCUT2D eigenvalue weighted by Gasteiger charge is -2.37. The Labute approximate surface area is 265 Å². The fourth-order valence-corrected chi connectivity index (χ4v) is 7.75. The van der Waals surface area contributed by atoms with Crippen molar-refractivity contribution in [2.45, 2.75) is 57.5 Å². The molecule has 0 N–H and O–H groups in total. The molecule has 2 heterocycles. The van der Waals surface area contributed by atoms with Crippen LogP contribution in [0.4, 0.5) is 0 Å². The number of furan rings is 1. The van der Waals surface area contributed by atoms with Crippen LogP contribution in [0.25, 0.3) is 16.5 Å². The van der Waals surface area contributed by atoms with Crippen LogP contribution in [0.1, 0.15) is 62.3 Å². The van der Waals surface area contributed by atoms with Crippen LogP contribution in [0.15, 0.2) is 64.6 Å². The Hall–Kier alpha value is -1.20. The summed E-state index contributed by atoms with van der Waals surface area (Å²) in [5.41, 5.74) is 4.15. The van der Waals surface area contributed by atoms with E-state index < -0.39 is 5.60 Å². The van der Waals surface area contributed by atoms with Gasteiger partial charge in [0, 0.05) is 43.0 Å². The fourth-order valence-electron chi connectivity index (χ4n) is 5.81. The number of rotatable bonds is 10. The van der Waals surface area contributed by atoms with Gasteiger partial charge in [0.25, 0.3) is 0 Å². The average Bonchev–Trinajstić information content (AvgIpc) is 3.31. The van der Waals surface area contributed by atoms with Crippen LogP contribution in [-0.4, -0.2) is 37.4 Å². The molecule has 1 fully saturated rings. The third kappa shape index (κ3) is 7.00. The van der Waals surface area contributed by atoms with Crippen molar-refractivity contribution in [3.63, 3.8) is 0 Å². The molecule has 7 heteroatoms. The number of aldehydes is 1. The molecule has 0 spiro atoms. The first kappa shape index (κ1) is 30.8. The highest BCUT2D eigenvalue weighted by atomic mass is 127. The predicted octanol–water partition coefficient (Wildman–Crippen LogP) is 8.72. The molecule has 5 rings (SSSR count). The lowest BCUT2D eigenvalue weighted by atomic mass is 9.77. The van der Waals surface area contributed by atoms with Crippen molar-refractivity contribution in [2.24, 2.45) is 0 Å². The molecule has 1 aromatic heterocycles. The zero-order chi connectivity index (χ0) is 26.5. The molecule has 0 saturated carbocycles. The molecule has 0 radical (unpaired) electrons. The summed E-state index contributed by atoms with van der Waals surface area (Å²) in [6.45, 7) is 6.04. The second kappa shape index (κ2) is 14.1. The lowest BCUT2D eigenvalue weighted by molar-refractivity contribution is -0.104. The van der Waals surface area contributed by atoms with Crippen LogP contribution in [0.5, 0.6) is 0 Å². The molecule has 208 valence electrons. The highest BCUT2D eigenvalue weighted by Crippen LogP contribution is 2.47. The Bertz CT molecular complexity index is 1340. The van der Waals surface area contributed by atoms with Crippen LogP contribution < -0.4 is 0 Å². The molecule has 0 amide bonds. The number of hydrogen-bond donors (Lipinski definition) is 0. The molecule has 1 aliphatic heterocycles. The summed E-state index contributed by atoms with van der Waals surface area (Å²) < 4.78 is 15.8. The highest BCUT2D eigenvalue weighted by molar-refractivity contribution is 14.1. The second-order valence-corrected chi connectivity index (χ2v) is 12.9. The zero-order valence-corrected chi connectivity index (χ0v) is 27.5. The van der Waals surface area contributed by atoms with Gasteiger partial charge in [0.15, 0.2) is 0 Å². The number of aryl methyl sites for hydroxylation is 1. The maximum atomic E-state index is 12.3. The number of likely N-dealkylation sites (tertiary alicyclic amines) is 1. The Morgan fingerprint density at radius 1 is 1.08 bits per heavy atom. The van der Waals surface area contributed by atoms with E-state index in [9.17, 15) is 4.79 Å². The number of para-hydroxylation sites is 1. The van der Waals surface area contributed by atoms with E-state index in [1.165, 1.54) is 19.3 Å². The van der Waals surface area contributed by atoms with Crippen molar-refractivity contribution in [3.05, 3.63) is 84.2 Å². The van der Waals surface area contributed by atoms with E-state index in [4.69, 9.17) is 9.15 Å². The first-order valence-corrected chi connectivity index (χ1v) is 15.9. The zero-order valence-electron chi connectivity index (χ0n) is 22.4. The molecule has 1 atom stereocenters. The van der Waals surface area contributed by atoms with Crippen LogP contribution in [0, 0.1) is 7.14 Å². The minimum absolute atomic E-state index is 0. The van der Waals surface area contributed by atoms with Gasteiger partial charge in [0.2, 0.25) is 0 Å². The topological polar surface area (TPSA) is 42.7 Å². The summed E-state index contributed by atoms with van der Waals surface area (Å²) in [6.07, 6.45) is 12.5. The van der Waals surface area contributed by atoms with Crippen LogP contribution in [-0.2, 0) is 21.6 Å². The van der Waals surface area contributed by atoms with Crippen molar-refractivity contribution in [3.8, 4) is 0 Å². The van der Waals surface area contributed by atoms with E-state index in [1.54, 1.807) is 0 Å². The first-order valence-electron chi connectivity index (χ1n) is 13.7. The Balaban J connectivity index is 0.00000353. The third-order valence-corrected chi connectivity index (χ3v) is 8.97. The number of fused-ring (bicyclic) bond motifs is 1. The Morgan fingerprint density at radius 3 is 2.54 bits per heavy atom. The average molecular weight is 772 g/mol. The van der Waals surface area contributed by atoms with Gasteiger partial charge in [-0.3, -0.25) is 4.79 Å². The largest absolute Gasteiger partial charge is 0.461 e. The van der Waals surface area contributed by atoms with E-state index in [0.717, 1.165) is 91.3 Å². The van der Waals surface area contributed by atoms with Gasteiger partial charge in [-0.2, -0.15) is 0 Å². The number of nitrogens with zero attached hydrogens (tertiary/aromatic N) is 1. The van der Waals surface area contributed by atoms with E-state index in [2.05, 4.69) is 99.5 Å². The van der Waals surface area contributed by atoms with Gasteiger partial charge in [-0.1, -0.05) is 44.0 Å². The van der Waals surface area contributed by atoms with E-state index in [1.807, 2.05) is 12.1 Å². The van der Waals surface area contributed by atoms with Crippen LogP contribution in [0.3, 0.4) is 0 Å². The van der Waals surface area contributed by atoms with Gasteiger partial charge in [-0.15, -0.1) is 12.4 Å². The summed E-state index contributed by atoms with van der Waals surface area (Å²) in [6, 6.07) is 14.8. The van der Waals surface area contributed by atoms with Crippen molar-refractivity contribution in [2.75, 3.05) is 26.2 Å². The van der Waals surface area contributed by atoms with Crippen molar-refractivity contribution < 1.29 is 13.9 Å². The van der Waals surface area contributed by atoms with Gasteiger partial charge in [-0.25, -0.2) is 0 Å². The summed E-state index contributed by atoms with van der Waals surface area (Å²) in [5.74, 6) is 1.00. The molecule has 2 aliphatic rings. The molecule has 1 aliphatic carbocycles. The second-order valence-electron chi connectivity index (χ2n) is 10.4. The van der Waals surface area contributed by atoms with Crippen LogP contribution in [0.2, 0.25) is 0 Å². The summed E-state index contributed by atoms with van der Waals surface area (Å²) in [4.78, 5) is 14.8. The van der Waals surface area contributed by atoms with Crippen molar-refractivity contribution in [1.29, 1.82) is 0 Å². The van der Waals surface area contributed by atoms with E-state index in [0.29, 0.717) is 13.0 Å². The number of benzene rings is 2. The Morgan fingerprint density at radius 2 is 1.82 bits per heavy atom. The molecule has 1 saturated heterocycles. The number of piperidine rings is 1. The normalized spacial score (nSPS) is 19.9. The lowest BCUT2D eigenvalue weighted by Crippen LogP contribution is -2.37. The van der Waals surface area contributed by atoms with Crippen molar-refractivity contribution in [1.82, 2.24) is 4.90 Å². The van der Waals surface area contributed by atoms with Gasteiger partial charge >= 0.3 is 0 Å². The smallest absolute Gasteiger partial charge is 0.150 e. The first-order chi connectivity index (χ1) is 18.5. The quantitative estimate of drug-likeness (QED) is 0.153. The molecular weight excluding hydrogens is 736 g/mol. The number of carbonyl (C=O) groups excluding carboxylic acids is 1. The third-order valence-electron chi connectivity index (χ3n) is 7.72. The van der Waals surface area contributed by atoms with Gasteiger partial charge in [-0.05, 0) is 119 Å². The maximum Gasteiger partial charge on any atom is 0.150 e. The molecule has 1 unspecified atom stereocenters. The Kier molecular flexibility index (Phi) is 11.1. The minimum atomic E-state index is -0.708. The molecule has 39 heavy (non-hydrogen) atoms. The minimum Gasteiger partial charge on any atom is -0.461 e. The number of ether oxygens (including phenoxy) is 1. The molecule has 3 aromatic rings. The maximum absolute atomic E-state index is 12.3. The fraction of sp³-hybridized carbons (Fsp3) is 0.406. The number of hydrogen-bond acceptors (Lipinski definition) is 4. The number of unbranched alkanes of at least 4 members (excludes halogenated alkanes) is 1. The molecule has 4 nitrogen and oxygen atoms in total. The van der Waals surface area contributed by atoms with Crippen molar-refractivity contribution >= 4 is 80.4 Å². The predicted molar refractivity (Wildman–Crippen MR) is 179 cm³/mol. The summed E-state index contributed by atoms with van der Waals surface area (Å²) >= 11 is 4.72. The highest BCUT2D eigenvalue weighted by Gasteiger charge is 2.40. The van der Waals surface area contributed by atoms with Gasteiger partial charge in [0.05, 0.1) is 6.61 Å². The van der Waals surface area contributed by atoms with Crippen LogP contribution >= 0.6 is 57.6 Å². The SMILES string of the molecule is CCCCc1oc2ccccc2c1C1(OCCN2CCCCC2)C=CC(C=O)=C(c2cc(I)cc(I)c2)C1.Cl. The number of halogens is 3. The number of carbonyl (C=O) groups is 1. The molecule has 0 bridgehead atoms. The van der Waals surface area contributed by atoms with Gasteiger partial charge in [0.1, 0.15) is 23.2 Å². The van der Waals surface area contributed by atoms with E-state index >= 15 is 0 Å².